The predicted molar refractivity (Wildman–Crippen MR) is 43.8 cm³/mol. The zero-order valence-corrected chi connectivity index (χ0v) is 6.93. The highest BCUT2D eigenvalue weighted by Gasteiger charge is 2.21. The van der Waals surface area contributed by atoms with E-state index in [2.05, 4.69) is 19.2 Å². The van der Waals surface area contributed by atoms with Crippen molar-refractivity contribution in [3.63, 3.8) is 0 Å². The molecule has 0 spiro atoms. The molecule has 2 heteroatoms. The predicted octanol–water partition coefficient (Wildman–Crippen LogP) is 0.722. The normalized spacial score (nSPS) is 21.6. The molecular formula is C8H18N2. The van der Waals surface area contributed by atoms with E-state index in [0.717, 1.165) is 12.6 Å². The minimum Gasteiger partial charge on any atom is -0.326 e. The van der Waals surface area contributed by atoms with Crippen LogP contribution in [0.25, 0.3) is 0 Å². The molecule has 0 aliphatic heterocycles. The van der Waals surface area contributed by atoms with Crippen molar-refractivity contribution < 1.29 is 0 Å². The molecule has 0 unspecified atom stereocenters. The molecule has 60 valence electrons. The van der Waals surface area contributed by atoms with Crippen molar-refractivity contribution in [3.8, 4) is 0 Å². The first-order valence-corrected chi connectivity index (χ1v) is 4.19. The Hall–Kier alpha value is -0.0800. The van der Waals surface area contributed by atoms with Crippen LogP contribution in [0.1, 0.15) is 26.7 Å². The van der Waals surface area contributed by atoms with E-state index in [-0.39, 0.29) is 0 Å². The van der Waals surface area contributed by atoms with Gasteiger partial charge in [-0.1, -0.05) is 13.8 Å². The molecule has 1 fully saturated rings. The highest BCUT2D eigenvalue weighted by Crippen LogP contribution is 2.18. The fraction of sp³-hybridized carbons (Fsp3) is 1.00. The average Bonchev–Trinajstić information content (AvgIpc) is 2.64. The molecule has 2 nitrogen and oxygen atoms in total. The van der Waals surface area contributed by atoms with Gasteiger partial charge in [-0.05, 0) is 18.8 Å². The molecule has 0 aromatic carbocycles. The maximum atomic E-state index is 5.83. The second-order valence-corrected chi connectivity index (χ2v) is 3.59. The summed E-state index contributed by atoms with van der Waals surface area (Å²) in [7, 11) is 0. The summed E-state index contributed by atoms with van der Waals surface area (Å²) in [5.74, 6) is 0.603. The zero-order valence-electron chi connectivity index (χ0n) is 6.93. The van der Waals surface area contributed by atoms with Crippen LogP contribution in [0, 0.1) is 5.92 Å². The third-order valence-electron chi connectivity index (χ3n) is 2.08. The van der Waals surface area contributed by atoms with E-state index < -0.39 is 0 Å². The van der Waals surface area contributed by atoms with Gasteiger partial charge in [0.2, 0.25) is 0 Å². The summed E-state index contributed by atoms with van der Waals surface area (Å²) in [6, 6.07) is 1.13. The van der Waals surface area contributed by atoms with E-state index in [1.807, 2.05) is 0 Å². The van der Waals surface area contributed by atoms with Crippen LogP contribution in [0.4, 0.5) is 0 Å². The Morgan fingerprint density at radius 2 is 2.10 bits per heavy atom. The fourth-order valence-corrected chi connectivity index (χ4v) is 0.826. The molecule has 0 saturated heterocycles. The lowest BCUT2D eigenvalue weighted by molar-refractivity contribution is 0.457. The minimum atomic E-state index is 0.334. The molecular weight excluding hydrogens is 124 g/mol. The van der Waals surface area contributed by atoms with Crippen molar-refractivity contribution in [2.24, 2.45) is 11.7 Å². The monoisotopic (exact) mass is 142 g/mol. The van der Waals surface area contributed by atoms with Gasteiger partial charge in [-0.3, -0.25) is 0 Å². The van der Waals surface area contributed by atoms with Crippen LogP contribution < -0.4 is 11.1 Å². The Kier molecular flexibility index (Phi) is 2.69. The first kappa shape index (κ1) is 8.02. The molecule has 0 aromatic heterocycles. The lowest BCUT2D eigenvalue weighted by Gasteiger charge is -2.15. The lowest BCUT2D eigenvalue weighted by Crippen LogP contribution is -2.38. The second-order valence-electron chi connectivity index (χ2n) is 3.59. The van der Waals surface area contributed by atoms with Crippen molar-refractivity contribution in [2.45, 2.75) is 38.8 Å². The molecule has 0 bridgehead atoms. The molecule has 1 aliphatic carbocycles. The van der Waals surface area contributed by atoms with Crippen molar-refractivity contribution in [3.05, 3.63) is 0 Å². The summed E-state index contributed by atoms with van der Waals surface area (Å²) < 4.78 is 0. The van der Waals surface area contributed by atoms with Gasteiger partial charge >= 0.3 is 0 Å². The van der Waals surface area contributed by atoms with Crippen LogP contribution in [-0.2, 0) is 0 Å². The smallest absolute Gasteiger partial charge is 0.0188 e. The highest BCUT2D eigenvalue weighted by atomic mass is 15.0. The number of nitrogens with two attached hydrogens (primary N) is 1. The number of nitrogens with one attached hydrogen (secondary N) is 1. The average molecular weight is 142 g/mol. The summed E-state index contributed by atoms with van der Waals surface area (Å²) in [5.41, 5.74) is 5.83. The minimum absolute atomic E-state index is 0.334. The molecule has 1 rings (SSSR count). The van der Waals surface area contributed by atoms with Crippen molar-refractivity contribution in [2.75, 3.05) is 6.54 Å². The SMILES string of the molecule is CC(C)[C@@H](N)CNC1CC1. The summed E-state index contributed by atoms with van der Waals surface area (Å²) in [6.07, 6.45) is 2.70. The molecule has 1 saturated carbocycles. The third-order valence-corrected chi connectivity index (χ3v) is 2.08. The van der Waals surface area contributed by atoms with E-state index >= 15 is 0 Å². The third kappa shape index (κ3) is 2.67. The van der Waals surface area contributed by atoms with Crippen LogP contribution in [0.3, 0.4) is 0 Å². The van der Waals surface area contributed by atoms with E-state index in [9.17, 15) is 0 Å². The van der Waals surface area contributed by atoms with Gasteiger partial charge in [0.1, 0.15) is 0 Å². The topological polar surface area (TPSA) is 38.0 Å². The highest BCUT2D eigenvalue weighted by molar-refractivity contribution is 4.83. The van der Waals surface area contributed by atoms with Gasteiger partial charge in [-0.15, -0.1) is 0 Å². The van der Waals surface area contributed by atoms with Gasteiger partial charge in [0.05, 0.1) is 0 Å². The Balaban J connectivity index is 1.99. The summed E-state index contributed by atoms with van der Waals surface area (Å²) in [4.78, 5) is 0. The van der Waals surface area contributed by atoms with Crippen molar-refractivity contribution in [1.82, 2.24) is 5.32 Å². The molecule has 1 atom stereocenters. The Morgan fingerprint density at radius 3 is 2.50 bits per heavy atom. The van der Waals surface area contributed by atoms with E-state index in [1.54, 1.807) is 0 Å². The summed E-state index contributed by atoms with van der Waals surface area (Å²) in [6.45, 7) is 5.32. The molecule has 10 heavy (non-hydrogen) atoms. The summed E-state index contributed by atoms with van der Waals surface area (Å²) >= 11 is 0. The van der Waals surface area contributed by atoms with Gasteiger partial charge in [-0.25, -0.2) is 0 Å². The van der Waals surface area contributed by atoms with Gasteiger partial charge in [-0.2, -0.15) is 0 Å². The van der Waals surface area contributed by atoms with Gasteiger partial charge in [0.15, 0.2) is 0 Å². The first-order chi connectivity index (χ1) is 4.70. The number of hydrogen-bond donors (Lipinski definition) is 2. The van der Waals surface area contributed by atoms with Crippen LogP contribution in [-0.4, -0.2) is 18.6 Å². The van der Waals surface area contributed by atoms with Crippen LogP contribution >= 0.6 is 0 Å². The maximum Gasteiger partial charge on any atom is 0.0188 e. The van der Waals surface area contributed by atoms with Crippen LogP contribution in [0.2, 0.25) is 0 Å². The van der Waals surface area contributed by atoms with E-state index in [4.69, 9.17) is 5.73 Å². The molecule has 0 radical (unpaired) electrons. The quantitative estimate of drug-likeness (QED) is 0.607. The van der Waals surface area contributed by atoms with Crippen LogP contribution in [0.15, 0.2) is 0 Å². The standard InChI is InChI=1S/C8H18N2/c1-6(2)8(9)5-10-7-3-4-7/h6-8,10H,3-5,9H2,1-2H3/t8-/m0/s1. The molecule has 0 amide bonds. The largest absolute Gasteiger partial charge is 0.326 e. The lowest BCUT2D eigenvalue weighted by atomic mass is 10.1. The summed E-state index contributed by atoms with van der Waals surface area (Å²) in [5, 5.41) is 3.41. The fourth-order valence-electron chi connectivity index (χ4n) is 0.826. The Labute approximate surface area is 63.2 Å². The van der Waals surface area contributed by atoms with Gasteiger partial charge in [0, 0.05) is 18.6 Å². The molecule has 3 N–H and O–H groups in total. The number of rotatable bonds is 4. The Morgan fingerprint density at radius 1 is 1.50 bits per heavy atom. The Bertz CT molecular complexity index is 97.4. The van der Waals surface area contributed by atoms with Crippen molar-refractivity contribution in [1.29, 1.82) is 0 Å². The van der Waals surface area contributed by atoms with E-state index in [1.165, 1.54) is 12.8 Å². The molecule has 1 aliphatic rings. The van der Waals surface area contributed by atoms with Crippen LogP contribution in [0.5, 0.6) is 0 Å². The van der Waals surface area contributed by atoms with Gasteiger partial charge in [0.25, 0.3) is 0 Å². The molecule has 0 aromatic rings. The number of hydrogen-bond acceptors (Lipinski definition) is 2. The van der Waals surface area contributed by atoms with Gasteiger partial charge < -0.3 is 11.1 Å². The maximum absolute atomic E-state index is 5.83. The second kappa shape index (κ2) is 3.35. The molecule has 0 heterocycles. The zero-order chi connectivity index (χ0) is 7.56. The first-order valence-electron chi connectivity index (χ1n) is 4.19. The van der Waals surface area contributed by atoms with Crippen molar-refractivity contribution >= 4 is 0 Å². The van der Waals surface area contributed by atoms with E-state index in [0.29, 0.717) is 12.0 Å².